The van der Waals surface area contributed by atoms with E-state index in [1.807, 2.05) is 0 Å². The Morgan fingerprint density at radius 2 is 2.24 bits per heavy atom. The van der Waals surface area contributed by atoms with Gasteiger partial charge in [0.1, 0.15) is 5.52 Å². The number of hydrogen-bond donors (Lipinski definition) is 2. The van der Waals surface area contributed by atoms with Gasteiger partial charge < -0.3 is 10.3 Å². The molecule has 0 amide bonds. The smallest absolute Gasteiger partial charge is 0.205 e. The molecule has 17 heavy (non-hydrogen) atoms. The van der Waals surface area contributed by atoms with Crippen LogP contribution in [-0.2, 0) is 6.42 Å². The maximum absolute atomic E-state index is 4.51. The minimum Gasteiger partial charge on any atom is -0.325 e. The molecule has 3 rings (SSSR count). The molecular weight excluding hydrogens is 250 g/mol. The van der Waals surface area contributed by atoms with E-state index in [9.17, 15) is 0 Å². The fourth-order valence-corrected chi connectivity index (χ4v) is 3.45. The second-order valence-corrected chi connectivity index (χ2v) is 5.75. The number of thiophene rings is 2. The van der Waals surface area contributed by atoms with Gasteiger partial charge in [0.05, 0.1) is 11.2 Å². The summed E-state index contributed by atoms with van der Waals surface area (Å²) in [6.45, 7) is 4.31. The third-order valence-corrected chi connectivity index (χ3v) is 4.49. The van der Waals surface area contributed by atoms with Crippen LogP contribution in [0.25, 0.3) is 11.0 Å². The molecule has 88 valence electrons. The Morgan fingerprint density at radius 1 is 1.35 bits per heavy atom. The van der Waals surface area contributed by atoms with E-state index in [1.165, 1.54) is 16.1 Å². The molecule has 3 aromatic rings. The van der Waals surface area contributed by atoms with Gasteiger partial charge in [-0.15, -0.1) is 22.7 Å². The SMILES string of the molecule is CCc1csc(C)c1Nc1nc2cscc2[nH]1. The zero-order valence-corrected chi connectivity index (χ0v) is 11.3. The second kappa shape index (κ2) is 4.16. The van der Waals surface area contributed by atoms with E-state index in [0.717, 1.165) is 23.4 Å². The molecule has 0 saturated carbocycles. The van der Waals surface area contributed by atoms with Crippen molar-refractivity contribution in [2.75, 3.05) is 5.32 Å². The molecule has 0 aliphatic heterocycles. The number of nitrogens with one attached hydrogen (secondary N) is 2. The second-order valence-electron chi connectivity index (χ2n) is 3.93. The molecule has 0 unspecified atom stereocenters. The summed E-state index contributed by atoms with van der Waals surface area (Å²) in [4.78, 5) is 9.10. The molecule has 0 radical (unpaired) electrons. The standard InChI is InChI=1S/C12H13N3S2/c1-3-8-4-17-7(2)11(8)15-12-13-9-5-16-6-10(9)14-12/h4-6H,3H2,1-2H3,(H2,13,14,15). The molecule has 0 aliphatic rings. The van der Waals surface area contributed by atoms with E-state index in [1.54, 1.807) is 22.7 Å². The quantitative estimate of drug-likeness (QED) is 0.739. The lowest BCUT2D eigenvalue weighted by molar-refractivity contribution is 1.15. The topological polar surface area (TPSA) is 40.7 Å². The number of nitrogens with zero attached hydrogens (tertiary/aromatic N) is 1. The number of aromatic nitrogens is 2. The van der Waals surface area contributed by atoms with E-state index in [0.29, 0.717) is 0 Å². The Balaban J connectivity index is 1.96. The Kier molecular flexibility index (Phi) is 2.64. The van der Waals surface area contributed by atoms with Gasteiger partial charge in [0.25, 0.3) is 0 Å². The van der Waals surface area contributed by atoms with Gasteiger partial charge in [-0.3, -0.25) is 0 Å². The number of aryl methyl sites for hydroxylation is 2. The highest BCUT2D eigenvalue weighted by atomic mass is 32.1. The van der Waals surface area contributed by atoms with Gasteiger partial charge in [-0.2, -0.15) is 0 Å². The van der Waals surface area contributed by atoms with Crippen LogP contribution in [0.1, 0.15) is 17.4 Å². The summed E-state index contributed by atoms with van der Waals surface area (Å²) in [7, 11) is 0. The maximum Gasteiger partial charge on any atom is 0.205 e. The van der Waals surface area contributed by atoms with Crippen LogP contribution < -0.4 is 5.32 Å². The van der Waals surface area contributed by atoms with Gasteiger partial charge in [-0.1, -0.05) is 6.92 Å². The van der Waals surface area contributed by atoms with E-state index in [4.69, 9.17) is 0 Å². The summed E-state index contributed by atoms with van der Waals surface area (Å²) in [5, 5.41) is 9.74. The number of fused-ring (bicyclic) bond motifs is 1. The molecule has 0 bridgehead atoms. The van der Waals surface area contributed by atoms with Gasteiger partial charge in [-0.05, 0) is 24.3 Å². The molecule has 0 aromatic carbocycles. The summed E-state index contributed by atoms with van der Waals surface area (Å²) < 4.78 is 0. The Morgan fingerprint density at radius 3 is 3.00 bits per heavy atom. The summed E-state index contributed by atoms with van der Waals surface area (Å²) in [6, 6.07) is 0. The predicted molar refractivity (Wildman–Crippen MR) is 75.7 cm³/mol. The normalized spacial score (nSPS) is 11.2. The molecule has 3 nitrogen and oxygen atoms in total. The average molecular weight is 263 g/mol. The fraction of sp³-hybridized carbons (Fsp3) is 0.250. The minimum atomic E-state index is 0.832. The van der Waals surface area contributed by atoms with Crippen LogP contribution >= 0.6 is 22.7 Å². The summed E-state index contributed by atoms with van der Waals surface area (Å²) in [6.07, 6.45) is 1.04. The van der Waals surface area contributed by atoms with Gasteiger partial charge in [0.15, 0.2) is 0 Å². The molecule has 0 fully saturated rings. The van der Waals surface area contributed by atoms with Gasteiger partial charge in [-0.25, -0.2) is 4.98 Å². The molecule has 0 atom stereocenters. The Labute approximate surface area is 108 Å². The van der Waals surface area contributed by atoms with Crippen molar-refractivity contribution in [1.82, 2.24) is 9.97 Å². The van der Waals surface area contributed by atoms with Crippen molar-refractivity contribution in [3.63, 3.8) is 0 Å². The molecule has 0 saturated heterocycles. The highest BCUT2D eigenvalue weighted by molar-refractivity contribution is 7.10. The van der Waals surface area contributed by atoms with E-state index in [-0.39, 0.29) is 0 Å². The minimum absolute atomic E-state index is 0.832. The number of anilines is 2. The van der Waals surface area contributed by atoms with Crippen molar-refractivity contribution in [2.45, 2.75) is 20.3 Å². The average Bonchev–Trinajstić information content (AvgIpc) is 2.95. The van der Waals surface area contributed by atoms with E-state index in [2.05, 4.69) is 45.3 Å². The van der Waals surface area contributed by atoms with Crippen LogP contribution in [-0.4, -0.2) is 9.97 Å². The van der Waals surface area contributed by atoms with E-state index < -0.39 is 0 Å². The summed E-state index contributed by atoms with van der Waals surface area (Å²) >= 11 is 3.45. The van der Waals surface area contributed by atoms with Crippen LogP contribution in [0.5, 0.6) is 0 Å². The number of imidazole rings is 1. The molecule has 3 heterocycles. The first kappa shape index (κ1) is 10.8. The summed E-state index contributed by atoms with van der Waals surface area (Å²) in [5.74, 6) is 0.832. The molecule has 0 aliphatic carbocycles. The lowest BCUT2D eigenvalue weighted by Gasteiger charge is -2.04. The number of rotatable bonds is 3. The first-order valence-electron chi connectivity index (χ1n) is 5.54. The molecule has 2 N–H and O–H groups in total. The van der Waals surface area contributed by atoms with Crippen molar-refractivity contribution >= 4 is 45.3 Å². The van der Waals surface area contributed by atoms with Crippen molar-refractivity contribution in [3.05, 3.63) is 26.6 Å². The largest absolute Gasteiger partial charge is 0.325 e. The molecule has 3 aromatic heterocycles. The third-order valence-electron chi connectivity index (χ3n) is 2.80. The van der Waals surface area contributed by atoms with Crippen LogP contribution in [0, 0.1) is 6.92 Å². The Bertz CT molecular complexity index is 619. The lowest BCUT2D eigenvalue weighted by Crippen LogP contribution is -1.95. The zero-order chi connectivity index (χ0) is 11.8. The highest BCUT2D eigenvalue weighted by Gasteiger charge is 2.09. The van der Waals surface area contributed by atoms with Crippen molar-refractivity contribution in [2.24, 2.45) is 0 Å². The van der Waals surface area contributed by atoms with Crippen LogP contribution in [0.4, 0.5) is 11.6 Å². The highest BCUT2D eigenvalue weighted by Crippen LogP contribution is 2.30. The zero-order valence-electron chi connectivity index (χ0n) is 9.70. The van der Waals surface area contributed by atoms with Gasteiger partial charge >= 0.3 is 0 Å². The van der Waals surface area contributed by atoms with Crippen LogP contribution in [0.15, 0.2) is 16.1 Å². The van der Waals surface area contributed by atoms with Gasteiger partial charge in [0.2, 0.25) is 5.95 Å². The van der Waals surface area contributed by atoms with Gasteiger partial charge in [0, 0.05) is 15.6 Å². The number of aromatic amines is 1. The van der Waals surface area contributed by atoms with Crippen LogP contribution in [0.3, 0.4) is 0 Å². The monoisotopic (exact) mass is 263 g/mol. The Hall–Kier alpha value is -1.33. The van der Waals surface area contributed by atoms with Crippen molar-refractivity contribution < 1.29 is 0 Å². The first-order valence-corrected chi connectivity index (χ1v) is 7.36. The molecule has 5 heteroatoms. The molecular formula is C12H13N3S2. The summed E-state index contributed by atoms with van der Waals surface area (Å²) in [5.41, 5.74) is 4.69. The number of H-pyrrole nitrogens is 1. The maximum atomic E-state index is 4.51. The first-order chi connectivity index (χ1) is 8.28. The fourth-order valence-electron chi connectivity index (χ4n) is 1.86. The van der Waals surface area contributed by atoms with Crippen LogP contribution in [0.2, 0.25) is 0 Å². The van der Waals surface area contributed by atoms with Crippen molar-refractivity contribution in [3.8, 4) is 0 Å². The van der Waals surface area contributed by atoms with E-state index >= 15 is 0 Å². The predicted octanol–water partition coefficient (Wildman–Crippen LogP) is 4.30. The third kappa shape index (κ3) is 1.85. The van der Waals surface area contributed by atoms with Crippen molar-refractivity contribution in [1.29, 1.82) is 0 Å². The molecule has 0 spiro atoms. The number of hydrogen-bond acceptors (Lipinski definition) is 4. The lowest BCUT2D eigenvalue weighted by atomic mass is 10.2.